The fraction of sp³-hybridized carbons (Fsp3) is 0.500. The van der Waals surface area contributed by atoms with Gasteiger partial charge in [-0.3, -0.25) is 0 Å². The Morgan fingerprint density at radius 3 is 2.33 bits per heavy atom. The lowest BCUT2D eigenvalue weighted by atomic mass is 10.0. The minimum Gasteiger partial charge on any atom is -0.320 e. The molecule has 1 atom stereocenters. The Kier molecular flexibility index (Phi) is 2.69. The Morgan fingerprint density at radius 2 is 1.92 bits per heavy atom. The molecule has 0 aliphatic rings. The first-order valence-corrected chi connectivity index (χ1v) is 4.21. The van der Waals surface area contributed by atoms with E-state index in [1.807, 2.05) is 13.8 Å². The normalized spacial score (nSPS) is 14.3. The molecule has 12 heavy (non-hydrogen) atoms. The minimum absolute atomic E-state index is 0.234. The van der Waals surface area contributed by atoms with E-state index < -0.39 is 0 Å². The Morgan fingerprint density at radius 1 is 1.42 bits per heavy atom. The van der Waals surface area contributed by atoms with Crippen LogP contribution in [0.2, 0.25) is 0 Å². The molecule has 0 bridgehead atoms. The lowest BCUT2D eigenvalue weighted by Crippen LogP contribution is -2.31. The molecular formula is C8H13N3S. The second-order valence-corrected chi connectivity index (χ2v) is 4.39. The molecule has 0 saturated heterocycles. The van der Waals surface area contributed by atoms with Crippen LogP contribution in [0.5, 0.6) is 0 Å². The second kappa shape index (κ2) is 3.41. The average molecular weight is 183 g/mol. The standard InChI is InChI=1S/C8H13N3S/c1-8(2,12)6(9)7-10-4-3-5-11-7/h3-6,12H,9H2,1-2H3/t6-/m0/s1. The van der Waals surface area contributed by atoms with Crippen molar-refractivity contribution in [2.24, 2.45) is 5.73 Å². The summed E-state index contributed by atoms with van der Waals surface area (Å²) in [5.74, 6) is 0.637. The summed E-state index contributed by atoms with van der Waals surface area (Å²) in [4.78, 5) is 8.12. The first-order chi connectivity index (χ1) is 5.52. The van der Waals surface area contributed by atoms with E-state index in [0.717, 1.165) is 0 Å². The molecule has 0 unspecified atom stereocenters. The largest absolute Gasteiger partial charge is 0.320 e. The third-order valence-electron chi connectivity index (χ3n) is 1.63. The molecule has 2 N–H and O–H groups in total. The van der Waals surface area contributed by atoms with Crippen molar-refractivity contribution < 1.29 is 0 Å². The highest BCUT2D eigenvalue weighted by atomic mass is 32.1. The number of thiol groups is 1. The first-order valence-electron chi connectivity index (χ1n) is 3.76. The summed E-state index contributed by atoms with van der Waals surface area (Å²) in [5, 5.41) is 0. The fourth-order valence-electron chi connectivity index (χ4n) is 0.787. The van der Waals surface area contributed by atoms with Gasteiger partial charge in [-0.05, 0) is 19.9 Å². The molecule has 0 saturated carbocycles. The predicted octanol–water partition coefficient (Wildman–Crippen LogP) is 1.18. The third kappa shape index (κ3) is 2.19. The van der Waals surface area contributed by atoms with E-state index in [0.29, 0.717) is 5.82 Å². The van der Waals surface area contributed by atoms with Crippen molar-refractivity contribution >= 4 is 12.6 Å². The molecule has 1 rings (SSSR count). The van der Waals surface area contributed by atoms with Gasteiger partial charge < -0.3 is 5.73 Å². The molecule has 4 heteroatoms. The number of hydrogen-bond donors (Lipinski definition) is 2. The molecule has 0 aliphatic heterocycles. The van der Waals surface area contributed by atoms with Crippen LogP contribution in [0.25, 0.3) is 0 Å². The van der Waals surface area contributed by atoms with Gasteiger partial charge >= 0.3 is 0 Å². The van der Waals surface area contributed by atoms with E-state index in [-0.39, 0.29) is 10.8 Å². The first kappa shape index (κ1) is 9.48. The molecule has 0 amide bonds. The van der Waals surface area contributed by atoms with Crippen LogP contribution in [0.15, 0.2) is 18.5 Å². The average Bonchev–Trinajstić information content (AvgIpc) is 2.03. The number of rotatable bonds is 2. The summed E-state index contributed by atoms with van der Waals surface area (Å²) >= 11 is 4.36. The molecule has 1 heterocycles. The predicted molar refractivity (Wildman–Crippen MR) is 52.0 cm³/mol. The number of aromatic nitrogens is 2. The summed E-state index contributed by atoms with van der Waals surface area (Å²) in [6, 6.07) is 1.53. The Labute approximate surface area is 77.8 Å². The van der Waals surface area contributed by atoms with Crippen LogP contribution in [-0.4, -0.2) is 14.7 Å². The highest BCUT2D eigenvalue weighted by molar-refractivity contribution is 7.81. The zero-order chi connectivity index (χ0) is 9.19. The van der Waals surface area contributed by atoms with Crippen molar-refractivity contribution in [3.05, 3.63) is 24.3 Å². The molecule has 0 spiro atoms. The van der Waals surface area contributed by atoms with Crippen LogP contribution in [0.4, 0.5) is 0 Å². The van der Waals surface area contributed by atoms with Crippen molar-refractivity contribution in [1.82, 2.24) is 9.97 Å². The molecule has 0 aliphatic carbocycles. The zero-order valence-corrected chi connectivity index (χ0v) is 8.12. The van der Waals surface area contributed by atoms with Gasteiger partial charge in [0.15, 0.2) is 0 Å². The van der Waals surface area contributed by atoms with Crippen LogP contribution < -0.4 is 5.73 Å². The number of nitrogens with zero attached hydrogens (tertiary/aromatic N) is 2. The summed E-state index contributed by atoms with van der Waals surface area (Å²) < 4.78 is -0.290. The smallest absolute Gasteiger partial charge is 0.146 e. The molecular weight excluding hydrogens is 170 g/mol. The molecule has 1 aromatic heterocycles. The summed E-state index contributed by atoms with van der Waals surface area (Å²) in [6.45, 7) is 3.88. The lowest BCUT2D eigenvalue weighted by Gasteiger charge is -2.24. The van der Waals surface area contributed by atoms with Gasteiger partial charge in [-0.25, -0.2) is 9.97 Å². The molecule has 0 aromatic carbocycles. The van der Waals surface area contributed by atoms with Gasteiger partial charge in [0.1, 0.15) is 5.82 Å². The van der Waals surface area contributed by atoms with Gasteiger partial charge in [-0.2, -0.15) is 12.6 Å². The number of nitrogens with two attached hydrogens (primary N) is 1. The van der Waals surface area contributed by atoms with Crippen LogP contribution in [-0.2, 0) is 0 Å². The van der Waals surface area contributed by atoms with Gasteiger partial charge in [-0.1, -0.05) is 0 Å². The summed E-state index contributed by atoms with van der Waals surface area (Å²) in [7, 11) is 0. The Hall–Kier alpha value is -0.610. The highest BCUT2D eigenvalue weighted by Crippen LogP contribution is 2.25. The SMILES string of the molecule is CC(C)(S)[C@@H](N)c1ncccn1. The topological polar surface area (TPSA) is 51.8 Å². The molecule has 0 fully saturated rings. The van der Waals surface area contributed by atoms with E-state index in [2.05, 4.69) is 22.6 Å². The van der Waals surface area contributed by atoms with Crippen LogP contribution in [0.1, 0.15) is 25.7 Å². The monoisotopic (exact) mass is 183 g/mol. The lowest BCUT2D eigenvalue weighted by molar-refractivity contribution is 0.538. The third-order valence-corrected chi connectivity index (χ3v) is 1.90. The minimum atomic E-state index is -0.290. The van der Waals surface area contributed by atoms with Crippen molar-refractivity contribution in [3.8, 4) is 0 Å². The Bertz CT molecular complexity index is 242. The van der Waals surface area contributed by atoms with E-state index in [1.165, 1.54) is 0 Å². The van der Waals surface area contributed by atoms with E-state index >= 15 is 0 Å². The summed E-state index contributed by atoms with van der Waals surface area (Å²) in [6.07, 6.45) is 3.36. The van der Waals surface area contributed by atoms with Gasteiger partial charge in [0.2, 0.25) is 0 Å². The molecule has 3 nitrogen and oxygen atoms in total. The second-order valence-electron chi connectivity index (χ2n) is 3.24. The molecule has 0 radical (unpaired) electrons. The van der Waals surface area contributed by atoms with E-state index in [1.54, 1.807) is 18.5 Å². The fourth-order valence-corrected chi connectivity index (χ4v) is 0.903. The van der Waals surface area contributed by atoms with Gasteiger partial charge in [0.25, 0.3) is 0 Å². The van der Waals surface area contributed by atoms with Crippen LogP contribution in [0, 0.1) is 0 Å². The highest BCUT2D eigenvalue weighted by Gasteiger charge is 2.25. The van der Waals surface area contributed by atoms with Crippen molar-refractivity contribution in [3.63, 3.8) is 0 Å². The van der Waals surface area contributed by atoms with E-state index in [9.17, 15) is 0 Å². The van der Waals surface area contributed by atoms with Gasteiger partial charge in [-0.15, -0.1) is 0 Å². The van der Waals surface area contributed by atoms with Crippen LogP contribution in [0.3, 0.4) is 0 Å². The van der Waals surface area contributed by atoms with Gasteiger partial charge in [0, 0.05) is 17.1 Å². The van der Waals surface area contributed by atoms with Crippen LogP contribution >= 0.6 is 12.6 Å². The maximum Gasteiger partial charge on any atom is 0.146 e. The van der Waals surface area contributed by atoms with Gasteiger partial charge in [0.05, 0.1) is 6.04 Å². The van der Waals surface area contributed by atoms with E-state index in [4.69, 9.17) is 5.73 Å². The number of hydrogen-bond acceptors (Lipinski definition) is 4. The summed E-state index contributed by atoms with van der Waals surface area (Å²) in [5.41, 5.74) is 5.87. The quantitative estimate of drug-likeness (QED) is 0.677. The Balaban J connectivity index is 2.86. The maximum absolute atomic E-state index is 5.87. The molecule has 1 aromatic rings. The zero-order valence-electron chi connectivity index (χ0n) is 7.23. The maximum atomic E-state index is 5.87. The van der Waals surface area contributed by atoms with Crippen molar-refractivity contribution in [2.45, 2.75) is 24.6 Å². The molecule has 66 valence electrons. The van der Waals surface area contributed by atoms with Crippen molar-refractivity contribution in [2.75, 3.05) is 0 Å². The van der Waals surface area contributed by atoms with Crippen molar-refractivity contribution in [1.29, 1.82) is 0 Å².